The summed E-state index contributed by atoms with van der Waals surface area (Å²) in [5.41, 5.74) is 0.415. The molecule has 1 aliphatic heterocycles. The first kappa shape index (κ1) is 14.9. The third-order valence-corrected chi connectivity index (χ3v) is 3.21. The SMILES string of the molecule is O=C1OC(=O)c2cc(C#Cc3ccc(C(F)(F)F)cc3)ccc21. The van der Waals surface area contributed by atoms with Gasteiger partial charge in [-0.05, 0) is 42.5 Å². The van der Waals surface area contributed by atoms with Gasteiger partial charge in [0.25, 0.3) is 0 Å². The van der Waals surface area contributed by atoms with Crippen molar-refractivity contribution < 1.29 is 27.5 Å². The number of carbonyl (C=O) groups excluding carboxylic acids is 2. The van der Waals surface area contributed by atoms with Crippen molar-refractivity contribution in [3.05, 3.63) is 70.3 Å². The molecule has 0 fully saturated rings. The number of ether oxygens (including phenoxy) is 1. The van der Waals surface area contributed by atoms with E-state index in [0.717, 1.165) is 12.1 Å². The number of rotatable bonds is 0. The molecular weight excluding hydrogens is 309 g/mol. The van der Waals surface area contributed by atoms with Gasteiger partial charge in [0, 0.05) is 11.1 Å². The van der Waals surface area contributed by atoms with Crippen molar-refractivity contribution in [2.24, 2.45) is 0 Å². The molecule has 2 aromatic rings. The van der Waals surface area contributed by atoms with E-state index >= 15 is 0 Å². The number of hydrogen-bond donors (Lipinski definition) is 0. The maximum absolute atomic E-state index is 12.5. The fourth-order valence-corrected chi connectivity index (χ4v) is 2.05. The number of esters is 2. The highest BCUT2D eigenvalue weighted by Gasteiger charge is 2.30. The van der Waals surface area contributed by atoms with Gasteiger partial charge in [-0.1, -0.05) is 11.8 Å². The van der Waals surface area contributed by atoms with Gasteiger partial charge in [-0.25, -0.2) is 9.59 Å². The Labute approximate surface area is 128 Å². The third-order valence-electron chi connectivity index (χ3n) is 3.21. The van der Waals surface area contributed by atoms with E-state index in [0.29, 0.717) is 11.1 Å². The fourth-order valence-electron chi connectivity index (χ4n) is 2.05. The Kier molecular flexibility index (Phi) is 3.41. The molecule has 3 rings (SSSR count). The molecule has 1 heterocycles. The van der Waals surface area contributed by atoms with Gasteiger partial charge in [0.1, 0.15) is 0 Å². The Hall–Kier alpha value is -3.07. The lowest BCUT2D eigenvalue weighted by molar-refractivity contribution is -0.137. The minimum Gasteiger partial charge on any atom is -0.386 e. The molecule has 0 atom stereocenters. The monoisotopic (exact) mass is 316 g/mol. The van der Waals surface area contributed by atoms with Crippen molar-refractivity contribution in [1.82, 2.24) is 0 Å². The summed E-state index contributed by atoms with van der Waals surface area (Å²) in [7, 11) is 0. The summed E-state index contributed by atoms with van der Waals surface area (Å²) in [5.74, 6) is 4.00. The molecule has 114 valence electrons. The van der Waals surface area contributed by atoms with Gasteiger partial charge in [0.15, 0.2) is 0 Å². The van der Waals surface area contributed by atoms with Crippen LogP contribution in [0.4, 0.5) is 13.2 Å². The zero-order valence-corrected chi connectivity index (χ0v) is 11.4. The summed E-state index contributed by atoms with van der Waals surface area (Å²) >= 11 is 0. The van der Waals surface area contributed by atoms with Gasteiger partial charge < -0.3 is 4.74 Å². The first-order valence-electron chi connectivity index (χ1n) is 6.44. The zero-order chi connectivity index (χ0) is 16.6. The summed E-state index contributed by atoms with van der Waals surface area (Å²) in [5, 5.41) is 0. The number of alkyl halides is 3. The van der Waals surface area contributed by atoms with Crippen molar-refractivity contribution in [3.8, 4) is 11.8 Å². The Balaban J connectivity index is 1.87. The maximum Gasteiger partial charge on any atom is 0.416 e. The standard InChI is InChI=1S/C17H7F3O3/c18-17(19,20)12-6-3-10(4-7-12)1-2-11-5-8-13-14(9-11)16(22)23-15(13)21/h3-9H. The van der Waals surface area contributed by atoms with Crippen LogP contribution >= 0.6 is 0 Å². The Morgan fingerprint density at radius 2 is 1.35 bits per heavy atom. The summed E-state index contributed by atoms with van der Waals surface area (Å²) in [6.45, 7) is 0. The minimum absolute atomic E-state index is 0.134. The highest BCUT2D eigenvalue weighted by molar-refractivity contribution is 6.14. The van der Waals surface area contributed by atoms with Crippen molar-refractivity contribution in [1.29, 1.82) is 0 Å². The Morgan fingerprint density at radius 3 is 2.00 bits per heavy atom. The molecular formula is C17H7F3O3. The fraction of sp³-hybridized carbons (Fsp3) is 0.0588. The lowest BCUT2D eigenvalue weighted by atomic mass is 10.1. The van der Waals surface area contributed by atoms with Crippen LogP contribution in [0.15, 0.2) is 42.5 Å². The number of cyclic esters (lactones) is 2. The van der Waals surface area contributed by atoms with Crippen molar-refractivity contribution >= 4 is 11.9 Å². The largest absolute Gasteiger partial charge is 0.416 e. The van der Waals surface area contributed by atoms with Crippen LogP contribution in [0.25, 0.3) is 0 Å². The first-order valence-corrected chi connectivity index (χ1v) is 6.44. The molecule has 0 aliphatic carbocycles. The molecule has 0 saturated carbocycles. The van der Waals surface area contributed by atoms with Crippen LogP contribution in [0.3, 0.4) is 0 Å². The molecule has 0 bridgehead atoms. The Bertz CT molecular complexity index is 869. The predicted molar refractivity (Wildman–Crippen MR) is 73.6 cm³/mol. The molecule has 2 aromatic carbocycles. The van der Waals surface area contributed by atoms with Gasteiger partial charge in [-0.3, -0.25) is 0 Å². The minimum atomic E-state index is -4.39. The van der Waals surface area contributed by atoms with E-state index in [1.165, 1.54) is 30.3 Å². The average molecular weight is 316 g/mol. The maximum atomic E-state index is 12.5. The molecule has 0 saturated heterocycles. The van der Waals surface area contributed by atoms with Gasteiger partial charge >= 0.3 is 18.1 Å². The lowest BCUT2D eigenvalue weighted by Gasteiger charge is -2.05. The normalized spacial score (nSPS) is 13.2. The third kappa shape index (κ3) is 2.94. The van der Waals surface area contributed by atoms with Crippen LogP contribution in [0.5, 0.6) is 0 Å². The molecule has 3 nitrogen and oxygen atoms in total. The van der Waals surface area contributed by atoms with E-state index in [1.807, 2.05) is 0 Å². The molecule has 0 unspecified atom stereocenters. The van der Waals surface area contributed by atoms with E-state index in [-0.39, 0.29) is 11.1 Å². The van der Waals surface area contributed by atoms with Crippen LogP contribution in [0, 0.1) is 11.8 Å². The average Bonchev–Trinajstić information content (AvgIpc) is 2.79. The van der Waals surface area contributed by atoms with Crippen LogP contribution in [0.1, 0.15) is 37.4 Å². The van der Waals surface area contributed by atoms with Crippen LogP contribution in [-0.2, 0) is 10.9 Å². The van der Waals surface area contributed by atoms with E-state index in [1.54, 1.807) is 0 Å². The highest BCUT2D eigenvalue weighted by atomic mass is 19.4. The smallest absolute Gasteiger partial charge is 0.386 e. The van der Waals surface area contributed by atoms with Crippen molar-refractivity contribution in [3.63, 3.8) is 0 Å². The van der Waals surface area contributed by atoms with Gasteiger partial charge in [0.2, 0.25) is 0 Å². The first-order chi connectivity index (χ1) is 10.8. The topological polar surface area (TPSA) is 43.4 Å². The van der Waals surface area contributed by atoms with Gasteiger partial charge in [-0.2, -0.15) is 13.2 Å². The lowest BCUT2D eigenvalue weighted by Crippen LogP contribution is -2.04. The number of hydrogen-bond acceptors (Lipinski definition) is 3. The molecule has 0 spiro atoms. The quantitative estimate of drug-likeness (QED) is 0.425. The van der Waals surface area contributed by atoms with E-state index in [2.05, 4.69) is 16.6 Å². The van der Waals surface area contributed by atoms with E-state index < -0.39 is 23.7 Å². The zero-order valence-electron chi connectivity index (χ0n) is 11.4. The summed E-state index contributed by atoms with van der Waals surface area (Å²) in [6, 6.07) is 8.81. The van der Waals surface area contributed by atoms with Crippen molar-refractivity contribution in [2.45, 2.75) is 6.18 Å². The summed E-state index contributed by atoms with van der Waals surface area (Å²) in [6.07, 6.45) is -4.39. The van der Waals surface area contributed by atoms with Crippen molar-refractivity contribution in [2.75, 3.05) is 0 Å². The number of fused-ring (bicyclic) bond motifs is 1. The van der Waals surface area contributed by atoms with E-state index in [4.69, 9.17) is 0 Å². The van der Waals surface area contributed by atoms with Crippen LogP contribution < -0.4 is 0 Å². The Morgan fingerprint density at radius 1 is 0.783 bits per heavy atom. The molecule has 23 heavy (non-hydrogen) atoms. The second-order valence-electron chi connectivity index (χ2n) is 4.76. The van der Waals surface area contributed by atoms with Crippen LogP contribution in [-0.4, -0.2) is 11.9 Å². The molecule has 0 amide bonds. The summed E-state index contributed by atoms with van der Waals surface area (Å²) in [4.78, 5) is 22.7. The molecule has 0 aromatic heterocycles. The number of carbonyl (C=O) groups is 2. The van der Waals surface area contributed by atoms with Gasteiger partial charge in [-0.15, -0.1) is 0 Å². The second kappa shape index (κ2) is 5.29. The van der Waals surface area contributed by atoms with Crippen LogP contribution in [0.2, 0.25) is 0 Å². The summed E-state index contributed by atoms with van der Waals surface area (Å²) < 4.78 is 41.8. The molecule has 0 radical (unpaired) electrons. The molecule has 0 N–H and O–H groups in total. The number of benzene rings is 2. The van der Waals surface area contributed by atoms with Gasteiger partial charge in [0.05, 0.1) is 16.7 Å². The van der Waals surface area contributed by atoms with E-state index in [9.17, 15) is 22.8 Å². The second-order valence-corrected chi connectivity index (χ2v) is 4.76. The molecule has 1 aliphatic rings. The predicted octanol–water partition coefficient (Wildman–Crippen LogP) is 3.42. The number of halogens is 3. The highest BCUT2D eigenvalue weighted by Crippen LogP contribution is 2.29. The molecule has 6 heteroatoms.